The van der Waals surface area contributed by atoms with Gasteiger partial charge in [-0.15, -0.1) is 0 Å². The summed E-state index contributed by atoms with van der Waals surface area (Å²) in [5.41, 5.74) is 1.54. The molecule has 1 fully saturated rings. The predicted octanol–water partition coefficient (Wildman–Crippen LogP) is 4.19. The van der Waals surface area contributed by atoms with Crippen molar-refractivity contribution in [2.75, 3.05) is 31.1 Å². The molecule has 0 atom stereocenters. The van der Waals surface area contributed by atoms with Crippen LogP contribution in [0.2, 0.25) is 5.02 Å². The second-order valence-corrected chi connectivity index (χ2v) is 8.39. The first-order chi connectivity index (χ1) is 16.5. The van der Waals surface area contributed by atoms with Gasteiger partial charge in [0.2, 0.25) is 0 Å². The summed E-state index contributed by atoms with van der Waals surface area (Å²) in [5.74, 6) is 0.592. The fourth-order valence-corrected chi connectivity index (χ4v) is 4.05. The molecule has 1 aliphatic rings. The Kier molecular flexibility index (Phi) is 5.81. The summed E-state index contributed by atoms with van der Waals surface area (Å²) >= 11 is 5.88. The molecule has 9 heteroatoms. The van der Waals surface area contributed by atoms with E-state index in [1.165, 1.54) is 6.08 Å². The van der Waals surface area contributed by atoms with Gasteiger partial charge in [0.05, 0.1) is 17.3 Å². The normalized spacial score (nSPS) is 14.6. The van der Waals surface area contributed by atoms with Crippen molar-refractivity contribution >= 4 is 46.3 Å². The molecule has 0 radical (unpaired) electrons. The Labute approximate surface area is 199 Å². The number of nitrogens with zero attached hydrogens (tertiary/aromatic N) is 3. The standard InChI is InChI=1S/C25H21ClN4O4/c26-18-6-3-16(4-7-18)22(31)15-21-24(32)28-20-14-17(5-8-19(20)27-21)25(33)30-11-9-29(10-12-30)23-2-1-13-34-23/h1-8,13-15,31H,9-12H2,(H,28,32). The lowest BCUT2D eigenvalue weighted by Crippen LogP contribution is -2.48. The van der Waals surface area contributed by atoms with Crippen LogP contribution in [0.4, 0.5) is 5.88 Å². The van der Waals surface area contributed by atoms with Crippen LogP contribution in [-0.4, -0.2) is 52.1 Å². The van der Waals surface area contributed by atoms with E-state index in [1.54, 1.807) is 53.6 Å². The number of furan rings is 1. The molecule has 34 heavy (non-hydrogen) atoms. The van der Waals surface area contributed by atoms with Crippen LogP contribution in [0.3, 0.4) is 0 Å². The summed E-state index contributed by atoms with van der Waals surface area (Å²) < 4.78 is 5.43. The molecule has 1 aliphatic heterocycles. The van der Waals surface area contributed by atoms with E-state index in [2.05, 4.69) is 14.9 Å². The Balaban J connectivity index is 1.35. The summed E-state index contributed by atoms with van der Waals surface area (Å²) in [6, 6.07) is 15.4. The fourth-order valence-electron chi connectivity index (χ4n) is 3.93. The highest BCUT2D eigenvalue weighted by atomic mass is 35.5. The number of hydrogen-bond donors (Lipinski definition) is 2. The number of anilines is 1. The number of carbonyl (C=O) groups excluding carboxylic acids is 1. The Morgan fingerprint density at radius 3 is 2.50 bits per heavy atom. The summed E-state index contributed by atoms with van der Waals surface area (Å²) in [4.78, 5) is 36.6. The van der Waals surface area contributed by atoms with Gasteiger partial charge in [-0.05, 0) is 48.5 Å². The van der Waals surface area contributed by atoms with Crippen LogP contribution in [0.1, 0.15) is 21.6 Å². The molecular weight excluding hydrogens is 456 g/mol. The van der Waals surface area contributed by atoms with Crippen molar-refractivity contribution in [1.29, 1.82) is 0 Å². The SMILES string of the molecule is O=C(c1ccc2nc(C=C(O)c3ccc(Cl)cc3)c(=O)[nH]c2c1)N1CCN(c2ccco2)CC1. The van der Waals surface area contributed by atoms with Gasteiger partial charge in [0, 0.05) is 54.5 Å². The third kappa shape index (κ3) is 4.40. The maximum atomic E-state index is 13.0. The molecule has 0 aliphatic carbocycles. The molecule has 2 aromatic carbocycles. The zero-order chi connectivity index (χ0) is 23.7. The molecule has 1 amide bonds. The van der Waals surface area contributed by atoms with Gasteiger partial charge in [-0.25, -0.2) is 4.98 Å². The molecule has 0 spiro atoms. The van der Waals surface area contributed by atoms with Crippen molar-refractivity contribution in [3.05, 3.63) is 93.1 Å². The van der Waals surface area contributed by atoms with Crippen molar-refractivity contribution in [3.63, 3.8) is 0 Å². The number of rotatable bonds is 4. The minimum atomic E-state index is -0.468. The second-order valence-electron chi connectivity index (χ2n) is 7.95. The van der Waals surface area contributed by atoms with Gasteiger partial charge in [0.25, 0.3) is 11.5 Å². The lowest BCUT2D eigenvalue weighted by molar-refractivity contribution is 0.0745. The highest BCUT2D eigenvalue weighted by Crippen LogP contribution is 2.20. The van der Waals surface area contributed by atoms with Crippen LogP contribution in [0.25, 0.3) is 22.9 Å². The number of nitrogens with one attached hydrogen (secondary N) is 1. The largest absolute Gasteiger partial charge is 0.507 e. The van der Waals surface area contributed by atoms with Crippen molar-refractivity contribution in [1.82, 2.24) is 14.9 Å². The monoisotopic (exact) mass is 476 g/mol. The zero-order valence-corrected chi connectivity index (χ0v) is 18.8. The molecule has 0 unspecified atom stereocenters. The first-order valence-corrected chi connectivity index (χ1v) is 11.1. The molecule has 0 bridgehead atoms. The number of benzene rings is 2. The molecule has 1 saturated heterocycles. The van der Waals surface area contributed by atoms with E-state index >= 15 is 0 Å². The number of halogens is 1. The van der Waals surface area contributed by atoms with E-state index < -0.39 is 5.56 Å². The number of carbonyl (C=O) groups is 1. The van der Waals surface area contributed by atoms with Gasteiger partial charge >= 0.3 is 0 Å². The van der Waals surface area contributed by atoms with Crippen LogP contribution >= 0.6 is 11.6 Å². The lowest BCUT2D eigenvalue weighted by Gasteiger charge is -2.34. The van der Waals surface area contributed by atoms with Gasteiger partial charge in [-0.2, -0.15) is 0 Å². The third-order valence-corrected chi connectivity index (χ3v) is 6.02. The van der Waals surface area contributed by atoms with Crippen molar-refractivity contribution in [2.45, 2.75) is 0 Å². The van der Waals surface area contributed by atoms with E-state index in [9.17, 15) is 14.7 Å². The van der Waals surface area contributed by atoms with E-state index in [0.29, 0.717) is 53.4 Å². The Hall–Kier alpha value is -4.04. The maximum absolute atomic E-state index is 13.0. The number of aliphatic hydroxyl groups excluding tert-OH is 1. The van der Waals surface area contributed by atoms with Crippen molar-refractivity contribution in [3.8, 4) is 0 Å². The summed E-state index contributed by atoms with van der Waals surface area (Å²) in [6.45, 7) is 2.50. The average molecular weight is 477 g/mol. The van der Waals surface area contributed by atoms with Crippen LogP contribution in [-0.2, 0) is 0 Å². The molecule has 5 rings (SSSR count). The summed E-state index contributed by atoms with van der Waals surface area (Å²) in [6.07, 6.45) is 2.94. The van der Waals surface area contributed by atoms with Gasteiger partial charge in [-0.1, -0.05) is 11.6 Å². The maximum Gasteiger partial charge on any atom is 0.274 e. The number of fused-ring (bicyclic) bond motifs is 1. The number of amides is 1. The van der Waals surface area contributed by atoms with Gasteiger partial charge in [0.15, 0.2) is 5.88 Å². The predicted molar refractivity (Wildman–Crippen MR) is 131 cm³/mol. The topological polar surface area (TPSA) is 103 Å². The average Bonchev–Trinajstić information content (AvgIpc) is 3.39. The van der Waals surface area contributed by atoms with E-state index in [1.807, 2.05) is 12.1 Å². The third-order valence-electron chi connectivity index (χ3n) is 5.76. The quantitative estimate of drug-likeness (QED) is 0.428. The Bertz CT molecular complexity index is 1420. The van der Waals surface area contributed by atoms with Crippen LogP contribution < -0.4 is 10.5 Å². The highest BCUT2D eigenvalue weighted by molar-refractivity contribution is 6.30. The molecular formula is C25H21ClN4O4. The Morgan fingerprint density at radius 1 is 1.06 bits per heavy atom. The van der Waals surface area contributed by atoms with Crippen molar-refractivity contribution in [2.24, 2.45) is 0 Å². The van der Waals surface area contributed by atoms with Gasteiger partial charge in [-0.3, -0.25) is 9.59 Å². The number of hydrogen-bond acceptors (Lipinski definition) is 6. The summed E-state index contributed by atoms with van der Waals surface area (Å²) in [7, 11) is 0. The molecule has 2 aromatic heterocycles. The van der Waals surface area contributed by atoms with E-state index in [0.717, 1.165) is 5.88 Å². The zero-order valence-electron chi connectivity index (χ0n) is 18.1. The van der Waals surface area contributed by atoms with Gasteiger partial charge in [0.1, 0.15) is 11.5 Å². The van der Waals surface area contributed by atoms with Crippen LogP contribution in [0.5, 0.6) is 0 Å². The number of H-pyrrole nitrogens is 1. The van der Waals surface area contributed by atoms with Crippen LogP contribution in [0.15, 0.2) is 70.1 Å². The highest BCUT2D eigenvalue weighted by Gasteiger charge is 2.23. The molecule has 0 saturated carbocycles. The molecule has 2 N–H and O–H groups in total. The first-order valence-electron chi connectivity index (χ1n) is 10.8. The number of aromatic amines is 1. The van der Waals surface area contributed by atoms with Crippen molar-refractivity contribution < 1.29 is 14.3 Å². The number of piperazine rings is 1. The van der Waals surface area contributed by atoms with Crippen LogP contribution in [0, 0.1) is 0 Å². The smallest absolute Gasteiger partial charge is 0.274 e. The number of aromatic nitrogens is 2. The molecule has 8 nitrogen and oxygen atoms in total. The Morgan fingerprint density at radius 2 is 1.79 bits per heavy atom. The summed E-state index contributed by atoms with van der Waals surface area (Å²) in [5, 5.41) is 10.9. The minimum Gasteiger partial charge on any atom is -0.507 e. The minimum absolute atomic E-state index is 0.0630. The molecule has 3 heterocycles. The van der Waals surface area contributed by atoms with Gasteiger partial charge < -0.3 is 24.3 Å². The molecule has 172 valence electrons. The lowest BCUT2D eigenvalue weighted by atomic mass is 10.1. The first kappa shape index (κ1) is 21.8. The fraction of sp³-hybridized carbons (Fsp3) is 0.160. The second kappa shape index (κ2) is 9.07. The van der Waals surface area contributed by atoms with E-state index in [-0.39, 0.29) is 17.4 Å². The number of aliphatic hydroxyl groups is 1. The molecule has 4 aromatic rings. The van der Waals surface area contributed by atoms with E-state index in [4.69, 9.17) is 16.0 Å².